The molecule has 33 heavy (non-hydrogen) atoms. The zero-order valence-corrected chi connectivity index (χ0v) is 18.7. The number of halogens is 3. The number of aromatic nitrogens is 1. The number of carbonyl (C=O) groups excluding carboxylic acids is 2. The number of anilines is 3. The molecule has 0 spiro atoms. The van der Waals surface area contributed by atoms with Gasteiger partial charge in [-0.25, -0.2) is 22.7 Å². The van der Waals surface area contributed by atoms with Gasteiger partial charge in [0, 0.05) is 11.9 Å². The minimum absolute atomic E-state index is 0.0461. The lowest BCUT2D eigenvalue weighted by Crippen LogP contribution is -2.32. The molecule has 0 aliphatic carbocycles. The average molecular weight is 507 g/mol. The summed E-state index contributed by atoms with van der Waals surface area (Å²) in [6, 6.07) is 13.6. The summed E-state index contributed by atoms with van der Waals surface area (Å²) >= 11 is 11.8. The molecule has 0 saturated heterocycles. The third kappa shape index (κ3) is 4.54. The van der Waals surface area contributed by atoms with E-state index in [9.17, 15) is 22.4 Å². The lowest BCUT2D eigenvalue weighted by atomic mass is 10.2. The first-order valence-corrected chi connectivity index (χ1v) is 11.5. The second-order valence-corrected chi connectivity index (χ2v) is 9.17. The lowest BCUT2D eigenvalue weighted by Gasteiger charge is -2.15. The number of nitrogens with zero attached hydrogens (tertiary/aromatic N) is 2. The monoisotopic (exact) mass is 506 g/mol. The van der Waals surface area contributed by atoms with Crippen LogP contribution >= 0.6 is 23.2 Å². The number of nitrogens with one attached hydrogen (secondary N) is 2. The van der Waals surface area contributed by atoms with Gasteiger partial charge in [0.1, 0.15) is 22.4 Å². The van der Waals surface area contributed by atoms with E-state index < -0.39 is 27.7 Å². The largest absolute Gasteiger partial charge is 0.350 e. The van der Waals surface area contributed by atoms with Gasteiger partial charge in [-0.2, -0.15) is 0 Å². The molecule has 2 heterocycles. The zero-order valence-electron chi connectivity index (χ0n) is 16.4. The standard InChI is InChI=1S/C21H13Cl2FN4O4S/c22-15-11-13(6-9-16(15)24)28-20(29)18(23)19(21(28)30)26-12-4-7-14(8-5-12)33(31,32)27-17-3-1-2-10-25-17/h1-11,26H,(H,25,27). The SMILES string of the molecule is O=C1C(Cl)=C(Nc2ccc(S(=O)(=O)Nc3ccccn3)cc2)C(=O)N1c1ccc(F)c(Cl)c1. The van der Waals surface area contributed by atoms with Crippen molar-refractivity contribution in [3.8, 4) is 0 Å². The second kappa shape index (κ2) is 8.81. The molecule has 4 rings (SSSR count). The molecule has 8 nitrogen and oxygen atoms in total. The van der Waals surface area contributed by atoms with E-state index in [0.29, 0.717) is 5.69 Å². The van der Waals surface area contributed by atoms with Crippen LogP contribution in [-0.4, -0.2) is 25.2 Å². The summed E-state index contributed by atoms with van der Waals surface area (Å²) in [6.07, 6.45) is 1.45. The molecular formula is C21H13Cl2FN4O4S. The quantitative estimate of drug-likeness (QED) is 0.487. The molecule has 12 heteroatoms. The van der Waals surface area contributed by atoms with Gasteiger partial charge in [-0.05, 0) is 54.6 Å². The Morgan fingerprint density at radius 2 is 1.67 bits per heavy atom. The summed E-state index contributed by atoms with van der Waals surface area (Å²) in [5.41, 5.74) is 0.137. The molecule has 0 bridgehead atoms. The smallest absolute Gasteiger partial charge is 0.283 e. The molecule has 1 aromatic heterocycles. The maximum absolute atomic E-state index is 13.4. The van der Waals surface area contributed by atoms with Gasteiger partial charge in [0.05, 0.1) is 15.6 Å². The van der Waals surface area contributed by atoms with Crippen LogP contribution in [0.4, 0.5) is 21.6 Å². The highest BCUT2D eigenvalue weighted by molar-refractivity contribution is 7.92. The van der Waals surface area contributed by atoms with Crippen molar-refractivity contribution in [1.82, 2.24) is 4.98 Å². The van der Waals surface area contributed by atoms with Crippen molar-refractivity contribution in [1.29, 1.82) is 0 Å². The van der Waals surface area contributed by atoms with Crippen molar-refractivity contribution >= 4 is 62.2 Å². The number of hydrogen-bond acceptors (Lipinski definition) is 6. The number of hydrogen-bond donors (Lipinski definition) is 2. The maximum Gasteiger partial charge on any atom is 0.283 e. The van der Waals surface area contributed by atoms with E-state index in [1.165, 1.54) is 42.6 Å². The lowest BCUT2D eigenvalue weighted by molar-refractivity contribution is -0.120. The summed E-state index contributed by atoms with van der Waals surface area (Å²) in [6.45, 7) is 0. The van der Waals surface area contributed by atoms with E-state index in [-0.39, 0.29) is 32.2 Å². The minimum atomic E-state index is -3.89. The number of carbonyl (C=O) groups is 2. The fourth-order valence-corrected chi connectivity index (χ4v) is 4.35. The number of sulfonamides is 1. The summed E-state index contributed by atoms with van der Waals surface area (Å²) < 4.78 is 40.8. The first-order chi connectivity index (χ1) is 15.7. The molecule has 2 aromatic carbocycles. The summed E-state index contributed by atoms with van der Waals surface area (Å²) in [7, 11) is -3.89. The van der Waals surface area contributed by atoms with Crippen molar-refractivity contribution in [3.05, 3.63) is 88.4 Å². The Hall–Kier alpha value is -3.47. The molecule has 0 radical (unpaired) electrons. The molecule has 3 aromatic rings. The van der Waals surface area contributed by atoms with E-state index in [0.717, 1.165) is 17.0 Å². The number of amides is 2. The molecule has 0 unspecified atom stereocenters. The fourth-order valence-electron chi connectivity index (χ4n) is 2.95. The zero-order chi connectivity index (χ0) is 23.8. The van der Waals surface area contributed by atoms with Crippen LogP contribution in [0, 0.1) is 5.82 Å². The van der Waals surface area contributed by atoms with E-state index in [1.807, 2.05) is 0 Å². The molecule has 1 aliphatic rings. The molecule has 2 N–H and O–H groups in total. The van der Waals surface area contributed by atoms with Crippen LogP contribution in [0.2, 0.25) is 5.02 Å². The highest BCUT2D eigenvalue weighted by Gasteiger charge is 2.39. The van der Waals surface area contributed by atoms with Crippen molar-refractivity contribution in [2.75, 3.05) is 14.9 Å². The van der Waals surface area contributed by atoms with E-state index in [1.54, 1.807) is 12.1 Å². The maximum atomic E-state index is 13.4. The van der Waals surface area contributed by atoms with Gasteiger partial charge in [0.25, 0.3) is 21.8 Å². The van der Waals surface area contributed by atoms with Gasteiger partial charge in [-0.3, -0.25) is 14.3 Å². The Labute approximate surface area is 197 Å². The highest BCUT2D eigenvalue weighted by atomic mass is 35.5. The molecule has 0 atom stereocenters. The van der Waals surface area contributed by atoms with Gasteiger partial charge < -0.3 is 5.32 Å². The third-order valence-electron chi connectivity index (χ3n) is 4.53. The molecule has 1 aliphatic heterocycles. The second-order valence-electron chi connectivity index (χ2n) is 6.70. The Balaban J connectivity index is 1.53. The number of benzene rings is 2. The van der Waals surface area contributed by atoms with Crippen LogP contribution in [0.1, 0.15) is 0 Å². The Kier molecular flexibility index (Phi) is 6.07. The van der Waals surface area contributed by atoms with Crippen LogP contribution in [0.3, 0.4) is 0 Å². The number of imide groups is 1. The number of rotatable bonds is 6. The number of pyridine rings is 1. The van der Waals surface area contributed by atoms with Crippen LogP contribution in [0.25, 0.3) is 0 Å². The Morgan fingerprint density at radius 3 is 2.30 bits per heavy atom. The van der Waals surface area contributed by atoms with Crippen molar-refractivity contribution in [3.63, 3.8) is 0 Å². The summed E-state index contributed by atoms with van der Waals surface area (Å²) in [5.74, 6) is -2.14. The van der Waals surface area contributed by atoms with Crippen molar-refractivity contribution in [2.24, 2.45) is 0 Å². The van der Waals surface area contributed by atoms with Crippen LogP contribution in [0.15, 0.2) is 82.5 Å². The van der Waals surface area contributed by atoms with Gasteiger partial charge in [-0.1, -0.05) is 29.3 Å². The normalized spacial score (nSPS) is 14.1. The van der Waals surface area contributed by atoms with E-state index in [2.05, 4.69) is 15.0 Å². The third-order valence-corrected chi connectivity index (χ3v) is 6.54. The van der Waals surface area contributed by atoms with Gasteiger partial charge in [0.2, 0.25) is 0 Å². The van der Waals surface area contributed by atoms with Crippen LogP contribution in [-0.2, 0) is 19.6 Å². The van der Waals surface area contributed by atoms with Gasteiger partial charge in [0.15, 0.2) is 0 Å². The molecule has 168 valence electrons. The van der Waals surface area contributed by atoms with Gasteiger partial charge in [-0.15, -0.1) is 0 Å². The van der Waals surface area contributed by atoms with Gasteiger partial charge >= 0.3 is 0 Å². The summed E-state index contributed by atoms with van der Waals surface area (Å²) in [5, 5.41) is 2.08. The van der Waals surface area contributed by atoms with E-state index in [4.69, 9.17) is 23.2 Å². The first kappa shape index (κ1) is 22.7. The fraction of sp³-hybridized carbons (Fsp3) is 0. The molecule has 0 fully saturated rings. The topological polar surface area (TPSA) is 108 Å². The van der Waals surface area contributed by atoms with Crippen LogP contribution < -0.4 is 14.9 Å². The molecule has 0 saturated carbocycles. The predicted octanol–water partition coefficient (Wildman–Crippen LogP) is 4.11. The average Bonchev–Trinajstić information content (AvgIpc) is 3.00. The Bertz CT molecular complexity index is 1400. The summed E-state index contributed by atoms with van der Waals surface area (Å²) in [4.78, 5) is 29.9. The highest BCUT2D eigenvalue weighted by Crippen LogP contribution is 2.32. The molecule has 2 amide bonds. The first-order valence-electron chi connectivity index (χ1n) is 9.22. The van der Waals surface area contributed by atoms with E-state index >= 15 is 0 Å². The molecular weight excluding hydrogens is 494 g/mol. The van der Waals surface area contributed by atoms with Crippen molar-refractivity contribution < 1.29 is 22.4 Å². The minimum Gasteiger partial charge on any atom is -0.350 e. The van der Waals surface area contributed by atoms with Crippen molar-refractivity contribution in [2.45, 2.75) is 4.90 Å². The predicted molar refractivity (Wildman–Crippen MR) is 122 cm³/mol. The van der Waals surface area contributed by atoms with Crippen LogP contribution in [0.5, 0.6) is 0 Å². The Morgan fingerprint density at radius 1 is 0.939 bits per heavy atom.